The van der Waals surface area contributed by atoms with E-state index in [0.29, 0.717) is 0 Å². The quantitative estimate of drug-likeness (QED) is 0.767. The largest absolute Gasteiger partial charge is 0.527 e. The van der Waals surface area contributed by atoms with E-state index in [9.17, 15) is 9.36 Å². The zero-order valence-corrected chi connectivity index (χ0v) is 8.81. The van der Waals surface area contributed by atoms with Crippen LogP contribution in [0.4, 0.5) is 4.79 Å². The van der Waals surface area contributed by atoms with Gasteiger partial charge in [0, 0.05) is 0 Å². The van der Waals surface area contributed by atoms with E-state index in [1.807, 2.05) is 30.3 Å². The van der Waals surface area contributed by atoms with E-state index in [4.69, 9.17) is 9.63 Å². The average Bonchev–Trinajstić information content (AvgIpc) is 2.25. The predicted octanol–water partition coefficient (Wildman–Crippen LogP) is 1.60. The molecule has 6 heteroatoms. The minimum atomic E-state index is -2.36. The Kier molecular flexibility index (Phi) is 4.74. The summed E-state index contributed by atoms with van der Waals surface area (Å²) < 4.78 is 15.0. The molecular weight excluding hydrogens is 217 g/mol. The summed E-state index contributed by atoms with van der Waals surface area (Å²) in [5, 5.41) is 2.16. The number of hydrogen-bond acceptors (Lipinski definition) is 3. The highest BCUT2D eigenvalue weighted by Gasteiger charge is 2.12. The highest BCUT2D eigenvalue weighted by atomic mass is 31.1. The van der Waals surface area contributed by atoms with Gasteiger partial charge in [0.1, 0.15) is 6.61 Å². The van der Waals surface area contributed by atoms with E-state index in [1.165, 1.54) is 0 Å². The number of carbonyl (C=O) groups is 1. The molecule has 0 bridgehead atoms. The van der Waals surface area contributed by atoms with Gasteiger partial charge in [0.2, 0.25) is 0 Å². The Labute approximate surface area is 87.9 Å². The third-order valence-corrected chi connectivity index (χ3v) is 2.00. The van der Waals surface area contributed by atoms with Crippen LogP contribution < -0.4 is 5.32 Å². The van der Waals surface area contributed by atoms with Crippen LogP contribution in [0, 0.1) is 0 Å². The first-order chi connectivity index (χ1) is 7.18. The van der Waals surface area contributed by atoms with Gasteiger partial charge >= 0.3 is 14.1 Å². The molecule has 0 radical (unpaired) electrons. The molecule has 1 atom stereocenters. The van der Waals surface area contributed by atoms with E-state index >= 15 is 0 Å². The fourth-order valence-corrected chi connectivity index (χ4v) is 1.17. The molecule has 0 aliphatic rings. The van der Waals surface area contributed by atoms with Gasteiger partial charge in [-0.3, -0.25) is 5.32 Å². The molecule has 2 N–H and O–H groups in total. The van der Waals surface area contributed by atoms with Gasteiger partial charge in [0.05, 0.1) is 0 Å². The number of amides is 1. The van der Waals surface area contributed by atoms with Crippen molar-refractivity contribution in [2.75, 3.05) is 6.29 Å². The smallest absolute Gasteiger partial charge is 0.445 e. The lowest BCUT2D eigenvalue weighted by molar-refractivity contribution is 0.141. The van der Waals surface area contributed by atoms with Gasteiger partial charge in [-0.05, 0) is 10.1 Å². The van der Waals surface area contributed by atoms with Crippen LogP contribution in [0.5, 0.6) is 0 Å². The summed E-state index contributed by atoms with van der Waals surface area (Å²) in [6.07, 6.45) is -0.987. The molecule has 0 aromatic heterocycles. The van der Waals surface area contributed by atoms with Crippen molar-refractivity contribution in [2.45, 2.75) is 6.61 Å². The standard InChI is InChI=1S/C9H10NO4P/c11-9(10-7-15(12)13)14-6-8-4-2-1-3-5-8/h1-5H,6-7H2,(H-,10,11,12,13)/p+1. The van der Waals surface area contributed by atoms with Crippen molar-refractivity contribution < 1.29 is 19.0 Å². The first kappa shape index (κ1) is 11.6. The molecule has 1 rings (SSSR count). The van der Waals surface area contributed by atoms with Crippen LogP contribution in [0.2, 0.25) is 0 Å². The van der Waals surface area contributed by atoms with Crippen LogP contribution in [0.25, 0.3) is 0 Å². The zero-order chi connectivity index (χ0) is 11.1. The van der Waals surface area contributed by atoms with Crippen LogP contribution in [0.15, 0.2) is 30.3 Å². The van der Waals surface area contributed by atoms with Crippen LogP contribution in [-0.2, 0) is 15.9 Å². The number of carbonyl (C=O) groups excluding carboxylic acids is 1. The van der Waals surface area contributed by atoms with Gasteiger partial charge in [-0.1, -0.05) is 30.3 Å². The third-order valence-electron chi connectivity index (χ3n) is 1.57. The molecule has 1 amide bonds. The van der Waals surface area contributed by atoms with E-state index in [0.717, 1.165) is 5.56 Å². The summed E-state index contributed by atoms with van der Waals surface area (Å²) >= 11 is 0. The van der Waals surface area contributed by atoms with Crippen molar-refractivity contribution in [3.05, 3.63) is 35.9 Å². The highest BCUT2D eigenvalue weighted by molar-refractivity contribution is 7.37. The number of nitrogens with one attached hydrogen (secondary N) is 1. The fraction of sp³-hybridized carbons (Fsp3) is 0.222. The van der Waals surface area contributed by atoms with Crippen molar-refractivity contribution in [1.29, 1.82) is 0 Å². The Hall–Kier alpha value is -1.45. The van der Waals surface area contributed by atoms with E-state index < -0.39 is 14.1 Å². The maximum absolute atomic E-state index is 10.9. The Bertz CT molecular complexity index is 341. The van der Waals surface area contributed by atoms with Crippen LogP contribution in [-0.4, -0.2) is 17.3 Å². The number of ether oxygens (including phenoxy) is 1. The van der Waals surface area contributed by atoms with Crippen molar-refractivity contribution >= 4 is 14.1 Å². The van der Waals surface area contributed by atoms with Crippen LogP contribution in [0.1, 0.15) is 5.56 Å². The second-order valence-corrected chi connectivity index (χ2v) is 3.77. The number of alkyl carbamates (subject to hydrolysis) is 1. The zero-order valence-electron chi connectivity index (χ0n) is 7.92. The molecule has 0 spiro atoms. The lowest BCUT2D eigenvalue weighted by Gasteiger charge is -2.02. The molecular formula is C9H11NO4P+. The van der Waals surface area contributed by atoms with Gasteiger partial charge in [0.15, 0.2) is 0 Å². The monoisotopic (exact) mass is 228 g/mol. The minimum Gasteiger partial charge on any atom is -0.445 e. The molecule has 0 saturated carbocycles. The molecule has 1 aromatic rings. The summed E-state index contributed by atoms with van der Waals surface area (Å²) in [5.41, 5.74) is 0.862. The molecule has 0 fully saturated rings. The molecule has 0 saturated heterocycles. The molecule has 80 valence electrons. The molecule has 15 heavy (non-hydrogen) atoms. The summed E-state index contributed by atoms with van der Waals surface area (Å²) in [6.45, 7) is 0.148. The molecule has 0 aliphatic carbocycles. The highest BCUT2D eigenvalue weighted by Crippen LogP contribution is 2.08. The first-order valence-electron chi connectivity index (χ1n) is 4.26. The van der Waals surface area contributed by atoms with E-state index in [2.05, 4.69) is 5.32 Å². The Morgan fingerprint density at radius 3 is 2.67 bits per heavy atom. The van der Waals surface area contributed by atoms with Crippen molar-refractivity contribution in [3.63, 3.8) is 0 Å². The average molecular weight is 228 g/mol. The maximum atomic E-state index is 10.9. The minimum absolute atomic E-state index is 0.148. The van der Waals surface area contributed by atoms with E-state index in [1.54, 1.807) is 0 Å². The molecule has 1 unspecified atom stereocenters. The predicted molar refractivity (Wildman–Crippen MR) is 54.5 cm³/mol. The molecule has 5 nitrogen and oxygen atoms in total. The molecule has 0 heterocycles. The topological polar surface area (TPSA) is 75.6 Å². The molecule has 1 aromatic carbocycles. The Morgan fingerprint density at radius 1 is 1.40 bits per heavy atom. The number of rotatable bonds is 4. The third kappa shape index (κ3) is 5.10. The lowest BCUT2D eigenvalue weighted by Crippen LogP contribution is -2.23. The van der Waals surface area contributed by atoms with Gasteiger partial charge in [-0.2, -0.15) is 4.89 Å². The SMILES string of the molecule is O=C(NC[P+](=O)O)OCc1ccccc1. The first-order valence-corrected chi connectivity index (χ1v) is 5.66. The van der Waals surface area contributed by atoms with Crippen molar-refractivity contribution in [1.82, 2.24) is 5.32 Å². The van der Waals surface area contributed by atoms with Gasteiger partial charge < -0.3 is 4.74 Å². The van der Waals surface area contributed by atoms with E-state index in [-0.39, 0.29) is 12.9 Å². The second kappa shape index (κ2) is 6.11. The fourth-order valence-electron chi connectivity index (χ4n) is 0.906. The summed E-state index contributed by atoms with van der Waals surface area (Å²) in [7, 11) is -2.36. The number of benzene rings is 1. The Morgan fingerprint density at radius 2 is 2.07 bits per heavy atom. The summed E-state index contributed by atoms with van der Waals surface area (Å²) in [6, 6.07) is 9.17. The molecule has 0 aliphatic heterocycles. The summed E-state index contributed by atoms with van der Waals surface area (Å²) in [4.78, 5) is 19.4. The van der Waals surface area contributed by atoms with Gasteiger partial charge in [0.25, 0.3) is 6.29 Å². The van der Waals surface area contributed by atoms with Crippen LogP contribution in [0.3, 0.4) is 0 Å². The summed E-state index contributed by atoms with van der Waals surface area (Å²) in [5.74, 6) is 0. The maximum Gasteiger partial charge on any atom is 0.527 e. The lowest BCUT2D eigenvalue weighted by atomic mass is 10.2. The number of hydrogen-bond donors (Lipinski definition) is 2. The van der Waals surface area contributed by atoms with Crippen molar-refractivity contribution in [3.8, 4) is 0 Å². The van der Waals surface area contributed by atoms with Crippen LogP contribution >= 0.6 is 8.03 Å². The Balaban J connectivity index is 2.26. The van der Waals surface area contributed by atoms with Crippen molar-refractivity contribution in [2.24, 2.45) is 0 Å². The van der Waals surface area contributed by atoms with Gasteiger partial charge in [-0.15, -0.1) is 0 Å². The normalized spacial score (nSPS) is 10.6. The second-order valence-electron chi connectivity index (χ2n) is 2.75. The van der Waals surface area contributed by atoms with Gasteiger partial charge in [-0.25, -0.2) is 4.79 Å².